The summed E-state index contributed by atoms with van der Waals surface area (Å²) in [6.07, 6.45) is 0. The lowest BCUT2D eigenvalue weighted by Crippen LogP contribution is -2.17. The first-order valence-electron chi connectivity index (χ1n) is 9.57. The monoisotopic (exact) mass is 458 g/mol. The van der Waals surface area contributed by atoms with Gasteiger partial charge in [0.15, 0.2) is 18.1 Å². The van der Waals surface area contributed by atoms with Crippen LogP contribution in [0, 0.1) is 5.82 Å². The zero-order valence-corrected chi connectivity index (χ0v) is 18.9. The van der Waals surface area contributed by atoms with E-state index in [9.17, 15) is 9.18 Å². The van der Waals surface area contributed by atoms with Crippen molar-refractivity contribution in [2.75, 3.05) is 33.3 Å². The summed E-state index contributed by atoms with van der Waals surface area (Å²) in [7, 11) is 4.49. The van der Waals surface area contributed by atoms with Crippen molar-refractivity contribution in [1.29, 1.82) is 0 Å². The average Bonchev–Trinajstić information content (AvgIpc) is 3.29. The van der Waals surface area contributed by atoms with Gasteiger partial charge in [0, 0.05) is 22.7 Å². The molecule has 0 bridgehead atoms. The van der Waals surface area contributed by atoms with Crippen molar-refractivity contribution in [3.8, 4) is 27.7 Å². The van der Waals surface area contributed by atoms with E-state index >= 15 is 0 Å². The van der Waals surface area contributed by atoms with Gasteiger partial charge in [0.1, 0.15) is 5.82 Å². The van der Waals surface area contributed by atoms with Crippen LogP contribution in [0.5, 0.6) is 17.2 Å². The number of amides is 1. The Balaban J connectivity index is 1.60. The molecule has 32 heavy (non-hydrogen) atoms. The van der Waals surface area contributed by atoms with Crippen molar-refractivity contribution in [2.45, 2.75) is 6.92 Å². The molecule has 2 aromatic carbocycles. The Labute approximate surface area is 189 Å². The number of hydrogen-bond acceptors (Lipinski definition) is 7. The Morgan fingerprint density at radius 3 is 2.25 bits per heavy atom. The zero-order valence-electron chi connectivity index (χ0n) is 18.1. The van der Waals surface area contributed by atoms with E-state index in [0.717, 1.165) is 15.3 Å². The molecule has 1 heterocycles. The van der Waals surface area contributed by atoms with Crippen LogP contribution >= 0.6 is 11.3 Å². The predicted molar refractivity (Wildman–Crippen MR) is 123 cm³/mol. The molecule has 0 atom stereocenters. The molecule has 9 heteroatoms. The Kier molecular flexibility index (Phi) is 7.67. The molecule has 1 amide bonds. The topological polar surface area (TPSA) is 78.4 Å². The van der Waals surface area contributed by atoms with Crippen LogP contribution in [0.4, 0.5) is 10.1 Å². The number of benzene rings is 2. The van der Waals surface area contributed by atoms with Crippen LogP contribution in [0.2, 0.25) is 0 Å². The zero-order chi connectivity index (χ0) is 23.1. The van der Waals surface area contributed by atoms with Crippen molar-refractivity contribution in [2.24, 2.45) is 5.16 Å². The highest BCUT2D eigenvalue weighted by Crippen LogP contribution is 2.39. The molecule has 0 aliphatic heterocycles. The number of methoxy groups -OCH3 is 3. The van der Waals surface area contributed by atoms with Gasteiger partial charge >= 0.3 is 0 Å². The van der Waals surface area contributed by atoms with Crippen LogP contribution in [0.25, 0.3) is 10.4 Å². The lowest BCUT2D eigenvalue weighted by Gasteiger charge is -2.14. The number of thiophene rings is 1. The predicted octanol–water partition coefficient (Wildman–Crippen LogP) is 4.96. The minimum atomic E-state index is -0.394. The van der Waals surface area contributed by atoms with Crippen LogP contribution in [0.1, 0.15) is 11.8 Å². The fraction of sp³-hybridized carbons (Fsp3) is 0.217. The Morgan fingerprint density at radius 2 is 1.66 bits per heavy atom. The quantitative estimate of drug-likeness (QED) is 0.362. The molecule has 0 unspecified atom stereocenters. The van der Waals surface area contributed by atoms with E-state index in [4.69, 9.17) is 19.0 Å². The number of nitrogens with one attached hydrogen (secondary N) is 1. The van der Waals surface area contributed by atoms with Gasteiger partial charge in [-0.2, -0.15) is 0 Å². The van der Waals surface area contributed by atoms with Crippen molar-refractivity contribution in [1.82, 2.24) is 0 Å². The molecule has 0 saturated heterocycles. The van der Waals surface area contributed by atoms with Crippen LogP contribution in [0.15, 0.2) is 53.7 Å². The number of carbonyl (C=O) groups is 1. The van der Waals surface area contributed by atoms with E-state index in [1.165, 1.54) is 44.8 Å². The van der Waals surface area contributed by atoms with Gasteiger partial charge in [-0.25, -0.2) is 4.39 Å². The minimum Gasteiger partial charge on any atom is -0.493 e. The molecule has 168 valence electrons. The standard InChI is InChI=1S/C23H23FN2O5S/c1-14(20-9-10-21(32-20)15-5-7-16(24)8-6-15)26-31-13-22(27)25-17-11-18(28-2)23(30-4)19(12-17)29-3/h5-12H,13H2,1-4H3,(H,25,27). The van der Waals surface area contributed by atoms with E-state index < -0.39 is 5.91 Å². The second-order valence-electron chi connectivity index (χ2n) is 6.58. The van der Waals surface area contributed by atoms with Crippen molar-refractivity contribution >= 4 is 28.6 Å². The normalized spacial score (nSPS) is 11.1. The second kappa shape index (κ2) is 10.6. The molecule has 0 aliphatic carbocycles. The van der Waals surface area contributed by atoms with Gasteiger partial charge in [-0.3, -0.25) is 4.79 Å². The van der Waals surface area contributed by atoms with Gasteiger partial charge in [-0.05, 0) is 36.8 Å². The minimum absolute atomic E-state index is 0.274. The van der Waals surface area contributed by atoms with Gasteiger partial charge in [0.25, 0.3) is 5.91 Å². The van der Waals surface area contributed by atoms with Crippen LogP contribution < -0.4 is 19.5 Å². The summed E-state index contributed by atoms with van der Waals surface area (Å²) in [5.41, 5.74) is 2.01. The van der Waals surface area contributed by atoms with Crippen LogP contribution in [0.3, 0.4) is 0 Å². The lowest BCUT2D eigenvalue weighted by molar-refractivity contribution is -0.120. The van der Waals surface area contributed by atoms with Gasteiger partial charge in [0.05, 0.1) is 31.9 Å². The number of nitrogens with zero attached hydrogens (tertiary/aromatic N) is 1. The second-order valence-corrected chi connectivity index (χ2v) is 7.67. The third-order valence-corrected chi connectivity index (χ3v) is 5.68. The first-order chi connectivity index (χ1) is 15.4. The number of rotatable bonds is 9. The first-order valence-corrected chi connectivity index (χ1v) is 10.4. The van der Waals surface area contributed by atoms with E-state index in [1.807, 2.05) is 12.1 Å². The molecule has 7 nitrogen and oxygen atoms in total. The van der Waals surface area contributed by atoms with Crippen LogP contribution in [-0.2, 0) is 9.63 Å². The SMILES string of the molecule is COc1cc(NC(=O)CON=C(C)c2ccc(-c3ccc(F)cc3)s2)cc(OC)c1OC. The first kappa shape index (κ1) is 23.1. The maximum atomic E-state index is 13.1. The van der Waals surface area contributed by atoms with Gasteiger partial charge < -0.3 is 24.4 Å². The molecule has 0 fully saturated rings. The number of ether oxygens (including phenoxy) is 3. The largest absolute Gasteiger partial charge is 0.493 e. The Bertz CT molecular complexity index is 1090. The molecule has 0 aliphatic rings. The van der Waals surface area contributed by atoms with Crippen molar-refractivity contribution in [3.05, 3.63) is 59.2 Å². The number of anilines is 1. The molecule has 3 aromatic rings. The summed E-state index contributed by atoms with van der Waals surface area (Å²) in [4.78, 5) is 19.3. The number of oxime groups is 1. The highest BCUT2D eigenvalue weighted by atomic mass is 32.1. The fourth-order valence-corrected chi connectivity index (χ4v) is 3.83. The molecule has 0 saturated carbocycles. The number of carbonyl (C=O) groups excluding carboxylic acids is 1. The van der Waals surface area contributed by atoms with Crippen LogP contribution in [-0.4, -0.2) is 39.6 Å². The van der Waals surface area contributed by atoms with Gasteiger partial charge in [-0.15, -0.1) is 11.3 Å². The summed E-state index contributed by atoms with van der Waals surface area (Å²) in [6.45, 7) is 1.52. The lowest BCUT2D eigenvalue weighted by atomic mass is 10.2. The third-order valence-electron chi connectivity index (χ3n) is 4.44. The molecule has 3 rings (SSSR count). The van der Waals surface area contributed by atoms with Crippen molar-refractivity contribution < 1.29 is 28.2 Å². The summed E-state index contributed by atoms with van der Waals surface area (Å²) in [5.74, 6) is 0.606. The van der Waals surface area contributed by atoms with E-state index in [1.54, 1.807) is 31.2 Å². The van der Waals surface area contributed by atoms with E-state index in [0.29, 0.717) is 28.6 Å². The Hall–Kier alpha value is -3.59. The highest BCUT2D eigenvalue weighted by Gasteiger charge is 2.15. The van der Waals surface area contributed by atoms with Gasteiger partial charge in [0.2, 0.25) is 5.75 Å². The molecular weight excluding hydrogens is 435 g/mol. The molecular formula is C23H23FN2O5S. The third kappa shape index (κ3) is 5.55. The smallest absolute Gasteiger partial charge is 0.265 e. The maximum absolute atomic E-state index is 13.1. The Morgan fingerprint density at radius 1 is 1.00 bits per heavy atom. The summed E-state index contributed by atoms with van der Waals surface area (Å²) in [5, 5.41) is 6.74. The number of halogens is 1. The summed E-state index contributed by atoms with van der Waals surface area (Å²) in [6, 6.07) is 13.4. The van der Waals surface area contributed by atoms with Crippen molar-refractivity contribution in [3.63, 3.8) is 0 Å². The molecule has 1 N–H and O–H groups in total. The molecule has 1 aromatic heterocycles. The van der Waals surface area contributed by atoms with Gasteiger partial charge in [-0.1, -0.05) is 17.3 Å². The maximum Gasteiger partial charge on any atom is 0.265 e. The molecule has 0 radical (unpaired) electrons. The highest BCUT2D eigenvalue weighted by molar-refractivity contribution is 7.17. The molecule has 0 spiro atoms. The fourth-order valence-electron chi connectivity index (χ4n) is 2.88. The summed E-state index contributed by atoms with van der Waals surface area (Å²) < 4.78 is 28.9. The summed E-state index contributed by atoms with van der Waals surface area (Å²) >= 11 is 1.50. The van der Waals surface area contributed by atoms with E-state index in [-0.39, 0.29) is 12.4 Å². The number of hydrogen-bond donors (Lipinski definition) is 1. The average molecular weight is 459 g/mol. The van der Waals surface area contributed by atoms with E-state index in [2.05, 4.69) is 10.5 Å².